The van der Waals surface area contributed by atoms with Crippen LogP contribution in [0.5, 0.6) is 11.5 Å². The Balaban J connectivity index is 1.46. The lowest BCUT2D eigenvalue weighted by Crippen LogP contribution is -2.31. The molecule has 1 aromatic heterocycles. The van der Waals surface area contributed by atoms with Crippen LogP contribution in [0.25, 0.3) is 0 Å². The van der Waals surface area contributed by atoms with Crippen LogP contribution in [0.3, 0.4) is 0 Å². The summed E-state index contributed by atoms with van der Waals surface area (Å²) in [6, 6.07) is 34.2. The molecule has 0 aliphatic carbocycles. The number of nitrogens with zero attached hydrogens (tertiary/aromatic N) is 2. The molecule has 0 saturated heterocycles. The zero-order chi connectivity index (χ0) is 29.3. The minimum absolute atomic E-state index is 0.0973. The maximum absolute atomic E-state index is 14.3. The minimum Gasteiger partial charge on any atom is -0.489 e. The van der Waals surface area contributed by atoms with E-state index in [0.29, 0.717) is 48.1 Å². The van der Waals surface area contributed by atoms with Crippen molar-refractivity contribution in [2.45, 2.75) is 19.8 Å². The Bertz CT molecular complexity index is 1600. The molecular weight excluding hydrogens is 544 g/mol. The van der Waals surface area contributed by atoms with Gasteiger partial charge in [-0.05, 0) is 69.9 Å². The predicted octanol–water partition coefficient (Wildman–Crippen LogP) is 7.45. The van der Waals surface area contributed by atoms with E-state index >= 15 is 0 Å². The van der Waals surface area contributed by atoms with Gasteiger partial charge in [0.25, 0.3) is 11.8 Å². The molecule has 0 unspecified atom stereocenters. The van der Waals surface area contributed by atoms with Gasteiger partial charge < -0.3 is 19.3 Å². The molecule has 0 fully saturated rings. The summed E-state index contributed by atoms with van der Waals surface area (Å²) in [5.74, 6) is 0.726. The van der Waals surface area contributed by atoms with Crippen molar-refractivity contribution in [2.75, 3.05) is 19.0 Å². The third-order valence-corrected chi connectivity index (χ3v) is 7.40. The summed E-state index contributed by atoms with van der Waals surface area (Å²) in [6.45, 7) is 1.07. The van der Waals surface area contributed by atoms with Gasteiger partial charge in [-0.2, -0.15) is 11.3 Å². The molecule has 1 heterocycles. The van der Waals surface area contributed by atoms with Gasteiger partial charge in [0.2, 0.25) is 0 Å². The minimum atomic E-state index is -0.217. The van der Waals surface area contributed by atoms with Crippen molar-refractivity contribution in [3.05, 3.63) is 148 Å². The van der Waals surface area contributed by atoms with Crippen molar-refractivity contribution in [3.8, 4) is 11.5 Å². The highest BCUT2D eigenvalue weighted by molar-refractivity contribution is 7.07. The molecule has 212 valence electrons. The van der Waals surface area contributed by atoms with Crippen LogP contribution in [0.1, 0.15) is 37.4 Å². The van der Waals surface area contributed by atoms with Gasteiger partial charge in [0.15, 0.2) is 0 Å². The number of carbonyl (C=O) groups excluding carboxylic acids is 2. The van der Waals surface area contributed by atoms with Crippen LogP contribution < -0.4 is 14.4 Å². The summed E-state index contributed by atoms with van der Waals surface area (Å²) in [4.78, 5) is 30.0. The van der Waals surface area contributed by atoms with Gasteiger partial charge in [-0.3, -0.25) is 9.59 Å². The van der Waals surface area contributed by atoms with Crippen molar-refractivity contribution in [3.63, 3.8) is 0 Å². The lowest BCUT2D eigenvalue weighted by atomic mass is 10.1. The maximum atomic E-state index is 14.3. The Labute approximate surface area is 250 Å². The smallest absolute Gasteiger partial charge is 0.262 e. The molecule has 0 bridgehead atoms. The Hall–Kier alpha value is -4.88. The predicted molar refractivity (Wildman–Crippen MR) is 167 cm³/mol. The molecule has 6 nitrogen and oxygen atoms in total. The summed E-state index contributed by atoms with van der Waals surface area (Å²) in [6.07, 6.45) is 0. The van der Waals surface area contributed by atoms with Crippen molar-refractivity contribution in [1.29, 1.82) is 0 Å². The number of hydrogen-bond donors (Lipinski definition) is 0. The highest BCUT2D eigenvalue weighted by atomic mass is 32.1. The first-order valence-corrected chi connectivity index (χ1v) is 14.5. The summed E-state index contributed by atoms with van der Waals surface area (Å²) in [5.41, 5.74) is 4.70. The van der Waals surface area contributed by atoms with E-state index in [9.17, 15) is 9.59 Å². The average Bonchev–Trinajstić information content (AvgIpc) is 3.55. The second-order valence-electron chi connectivity index (χ2n) is 9.98. The molecule has 0 N–H and O–H groups in total. The molecule has 0 spiro atoms. The highest BCUT2D eigenvalue weighted by Crippen LogP contribution is 2.30. The fraction of sp³-hybridized carbons (Fsp3) is 0.143. The van der Waals surface area contributed by atoms with E-state index in [1.54, 1.807) is 60.7 Å². The van der Waals surface area contributed by atoms with Gasteiger partial charge in [0.1, 0.15) is 24.7 Å². The fourth-order valence-corrected chi connectivity index (χ4v) is 5.06. The van der Waals surface area contributed by atoms with E-state index in [-0.39, 0.29) is 11.8 Å². The lowest BCUT2D eigenvalue weighted by molar-refractivity contribution is 0.0827. The number of anilines is 1. The van der Waals surface area contributed by atoms with Crippen LogP contribution >= 0.6 is 11.3 Å². The first kappa shape index (κ1) is 28.6. The van der Waals surface area contributed by atoms with Crippen LogP contribution in [0.15, 0.2) is 120 Å². The number of thiophene rings is 1. The Morgan fingerprint density at radius 2 is 1.33 bits per heavy atom. The van der Waals surface area contributed by atoms with Crippen LogP contribution in [0.2, 0.25) is 0 Å². The SMILES string of the molecule is CN(C)C(=O)c1ccc(N(Cc2ccsc2)C(=O)c2ccc(OCc3ccccc3)cc2OCc2ccccc2)cc1. The zero-order valence-electron chi connectivity index (χ0n) is 23.6. The summed E-state index contributed by atoms with van der Waals surface area (Å²) < 4.78 is 12.3. The fourth-order valence-electron chi connectivity index (χ4n) is 4.40. The van der Waals surface area contributed by atoms with Crippen LogP contribution in [-0.4, -0.2) is 30.8 Å². The van der Waals surface area contributed by atoms with Crippen LogP contribution in [0.4, 0.5) is 5.69 Å². The molecule has 0 aliphatic heterocycles. The normalized spacial score (nSPS) is 10.6. The van der Waals surface area contributed by atoms with E-state index in [1.165, 1.54) is 4.90 Å². The second-order valence-corrected chi connectivity index (χ2v) is 10.8. The molecule has 5 rings (SSSR count). The molecule has 7 heteroatoms. The summed E-state index contributed by atoms with van der Waals surface area (Å²) in [7, 11) is 3.43. The molecule has 2 amide bonds. The van der Waals surface area contributed by atoms with E-state index in [2.05, 4.69) is 0 Å². The standard InChI is InChI=1S/C35H32N2O4S/c1-36(2)34(38)29-13-15-30(16-14-29)37(22-28-19-20-42-25-28)35(39)32-18-17-31(40-23-26-9-5-3-6-10-26)21-33(32)41-24-27-11-7-4-8-12-27/h3-21,25H,22-24H2,1-2H3. The van der Waals surface area contributed by atoms with E-state index in [4.69, 9.17) is 9.47 Å². The van der Waals surface area contributed by atoms with Crippen LogP contribution in [-0.2, 0) is 19.8 Å². The number of benzene rings is 4. The van der Waals surface area contributed by atoms with E-state index in [0.717, 1.165) is 16.7 Å². The largest absolute Gasteiger partial charge is 0.489 e. The van der Waals surface area contributed by atoms with E-state index in [1.807, 2.05) is 89.6 Å². The van der Waals surface area contributed by atoms with Gasteiger partial charge in [0, 0.05) is 31.4 Å². The van der Waals surface area contributed by atoms with Gasteiger partial charge in [-0.25, -0.2) is 0 Å². The lowest BCUT2D eigenvalue weighted by Gasteiger charge is -2.24. The Morgan fingerprint density at radius 1 is 0.690 bits per heavy atom. The van der Waals surface area contributed by atoms with Gasteiger partial charge >= 0.3 is 0 Å². The van der Waals surface area contributed by atoms with Crippen molar-refractivity contribution < 1.29 is 19.1 Å². The number of hydrogen-bond acceptors (Lipinski definition) is 5. The monoisotopic (exact) mass is 576 g/mol. The molecule has 0 radical (unpaired) electrons. The highest BCUT2D eigenvalue weighted by Gasteiger charge is 2.23. The van der Waals surface area contributed by atoms with Gasteiger partial charge in [-0.1, -0.05) is 60.7 Å². The second kappa shape index (κ2) is 13.7. The first-order valence-electron chi connectivity index (χ1n) is 13.6. The quantitative estimate of drug-likeness (QED) is 0.164. The van der Waals surface area contributed by atoms with Crippen molar-refractivity contribution in [1.82, 2.24) is 4.90 Å². The molecule has 42 heavy (non-hydrogen) atoms. The van der Waals surface area contributed by atoms with Crippen molar-refractivity contribution in [2.24, 2.45) is 0 Å². The molecule has 0 aliphatic rings. The van der Waals surface area contributed by atoms with E-state index < -0.39 is 0 Å². The average molecular weight is 577 g/mol. The Morgan fingerprint density at radius 3 is 1.93 bits per heavy atom. The topological polar surface area (TPSA) is 59.1 Å². The zero-order valence-corrected chi connectivity index (χ0v) is 24.4. The molecular formula is C35H32N2O4S. The van der Waals surface area contributed by atoms with Gasteiger partial charge in [-0.15, -0.1) is 0 Å². The Kier molecular flexibility index (Phi) is 9.31. The number of rotatable bonds is 11. The number of ether oxygens (including phenoxy) is 2. The first-order chi connectivity index (χ1) is 20.5. The summed E-state index contributed by atoms with van der Waals surface area (Å²) in [5, 5.41) is 4.02. The number of carbonyl (C=O) groups is 2. The maximum Gasteiger partial charge on any atom is 0.262 e. The van der Waals surface area contributed by atoms with Crippen molar-refractivity contribution >= 4 is 28.8 Å². The molecule has 0 saturated carbocycles. The molecule has 5 aromatic rings. The molecule has 4 aromatic carbocycles. The summed E-state index contributed by atoms with van der Waals surface area (Å²) >= 11 is 1.58. The van der Waals surface area contributed by atoms with Crippen LogP contribution in [0, 0.1) is 0 Å². The number of amides is 2. The third-order valence-electron chi connectivity index (χ3n) is 6.67. The molecule has 0 atom stereocenters. The van der Waals surface area contributed by atoms with Gasteiger partial charge in [0.05, 0.1) is 12.1 Å². The third kappa shape index (κ3) is 7.25.